The van der Waals surface area contributed by atoms with E-state index in [9.17, 15) is 4.79 Å². The Kier molecular flexibility index (Phi) is 5.90. The number of rotatable bonds is 5. The standard InChI is InChI=1S/C25H24FNO5/c1-14-19(12-22(30-3)20(23(14)26)13-27-25(28)29)17-6-4-5-16(11-17)18-7-8-21-24(15(18)2)32-10-9-31-21/h4-8,11-12,27H,9-10,13H2,1-3H3,(H,28,29). The summed E-state index contributed by atoms with van der Waals surface area (Å²) in [6.07, 6.45) is -1.23. The highest BCUT2D eigenvalue weighted by atomic mass is 19.1. The van der Waals surface area contributed by atoms with Crippen LogP contribution in [-0.2, 0) is 6.54 Å². The quantitative estimate of drug-likeness (QED) is 0.565. The first kappa shape index (κ1) is 21.5. The molecule has 3 aromatic carbocycles. The minimum absolute atomic E-state index is 0.176. The van der Waals surface area contributed by atoms with Gasteiger partial charge in [0.2, 0.25) is 0 Å². The largest absolute Gasteiger partial charge is 0.496 e. The lowest BCUT2D eigenvalue weighted by Crippen LogP contribution is -2.21. The van der Waals surface area contributed by atoms with Crippen molar-refractivity contribution < 1.29 is 28.5 Å². The molecular weight excluding hydrogens is 413 g/mol. The van der Waals surface area contributed by atoms with E-state index in [0.29, 0.717) is 24.3 Å². The molecule has 6 nitrogen and oxygen atoms in total. The first-order valence-electron chi connectivity index (χ1n) is 10.2. The third-order valence-electron chi connectivity index (χ3n) is 5.65. The van der Waals surface area contributed by atoms with E-state index >= 15 is 4.39 Å². The third kappa shape index (κ3) is 3.93. The maximum Gasteiger partial charge on any atom is 0.404 e. The molecule has 2 N–H and O–H groups in total. The highest BCUT2D eigenvalue weighted by molar-refractivity contribution is 5.79. The average Bonchev–Trinajstić information content (AvgIpc) is 2.80. The molecule has 0 radical (unpaired) electrons. The van der Waals surface area contributed by atoms with Gasteiger partial charge >= 0.3 is 6.09 Å². The normalized spacial score (nSPS) is 12.4. The van der Waals surface area contributed by atoms with Crippen molar-refractivity contribution in [3.8, 4) is 39.5 Å². The molecule has 0 aliphatic carbocycles. The van der Waals surface area contributed by atoms with Crippen molar-refractivity contribution in [2.45, 2.75) is 20.4 Å². The summed E-state index contributed by atoms with van der Waals surface area (Å²) < 4.78 is 32.0. The zero-order chi connectivity index (χ0) is 22.8. The maximum atomic E-state index is 15.2. The number of nitrogens with one attached hydrogen (secondary N) is 1. The third-order valence-corrected chi connectivity index (χ3v) is 5.65. The fourth-order valence-corrected chi connectivity index (χ4v) is 4.01. The van der Waals surface area contributed by atoms with Gasteiger partial charge in [-0.3, -0.25) is 0 Å². The zero-order valence-electron chi connectivity index (χ0n) is 18.1. The number of hydrogen-bond acceptors (Lipinski definition) is 4. The van der Waals surface area contributed by atoms with Crippen LogP contribution in [0.1, 0.15) is 16.7 Å². The molecule has 0 bridgehead atoms. The van der Waals surface area contributed by atoms with Gasteiger partial charge in [-0.2, -0.15) is 0 Å². The number of amides is 1. The van der Waals surface area contributed by atoms with Gasteiger partial charge in [0.1, 0.15) is 24.8 Å². The lowest BCUT2D eigenvalue weighted by atomic mass is 9.92. The van der Waals surface area contributed by atoms with Crippen LogP contribution in [0.3, 0.4) is 0 Å². The fraction of sp³-hybridized carbons (Fsp3) is 0.240. The second-order valence-electron chi connectivity index (χ2n) is 7.55. The Morgan fingerprint density at radius 3 is 2.50 bits per heavy atom. The summed E-state index contributed by atoms with van der Waals surface area (Å²) in [6.45, 7) is 4.54. The molecule has 0 unspecified atom stereocenters. The number of carboxylic acid groups (broad SMARTS) is 1. The summed E-state index contributed by atoms with van der Waals surface area (Å²) in [7, 11) is 1.44. The first-order valence-corrected chi connectivity index (χ1v) is 10.2. The van der Waals surface area contributed by atoms with Crippen LogP contribution in [0.15, 0.2) is 42.5 Å². The van der Waals surface area contributed by atoms with Crippen molar-refractivity contribution in [3.05, 3.63) is 65.0 Å². The molecule has 0 spiro atoms. The van der Waals surface area contributed by atoms with Crippen molar-refractivity contribution in [2.24, 2.45) is 0 Å². The first-order chi connectivity index (χ1) is 15.4. The van der Waals surface area contributed by atoms with Crippen LogP contribution in [0.25, 0.3) is 22.3 Å². The van der Waals surface area contributed by atoms with Crippen LogP contribution in [-0.4, -0.2) is 31.5 Å². The number of methoxy groups -OCH3 is 1. The van der Waals surface area contributed by atoms with Crippen LogP contribution in [0, 0.1) is 19.7 Å². The molecule has 7 heteroatoms. The molecule has 1 amide bonds. The summed E-state index contributed by atoms with van der Waals surface area (Å²) >= 11 is 0. The van der Waals surface area contributed by atoms with E-state index < -0.39 is 11.9 Å². The molecule has 1 aliphatic heterocycles. The van der Waals surface area contributed by atoms with Gasteiger partial charge in [-0.25, -0.2) is 9.18 Å². The lowest BCUT2D eigenvalue weighted by Gasteiger charge is -2.22. The molecule has 0 fully saturated rings. The average molecular weight is 437 g/mol. The highest BCUT2D eigenvalue weighted by Crippen LogP contribution is 2.41. The molecule has 0 saturated carbocycles. The Hall–Kier alpha value is -3.74. The predicted octanol–water partition coefficient (Wildman–Crippen LogP) is 5.32. The molecular formula is C25H24FNO5. The van der Waals surface area contributed by atoms with Crippen LogP contribution < -0.4 is 19.5 Å². The van der Waals surface area contributed by atoms with Crippen LogP contribution in [0.2, 0.25) is 0 Å². The topological polar surface area (TPSA) is 77.0 Å². The molecule has 32 heavy (non-hydrogen) atoms. The van der Waals surface area contributed by atoms with Crippen molar-refractivity contribution in [2.75, 3.05) is 20.3 Å². The van der Waals surface area contributed by atoms with Gasteiger partial charge in [0.25, 0.3) is 0 Å². The molecule has 0 aromatic heterocycles. The van der Waals surface area contributed by atoms with Gasteiger partial charge in [-0.15, -0.1) is 0 Å². The second-order valence-corrected chi connectivity index (χ2v) is 7.55. The summed E-state index contributed by atoms with van der Waals surface area (Å²) in [5.41, 5.74) is 5.05. The van der Waals surface area contributed by atoms with Crippen molar-refractivity contribution in [1.82, 2.24) is 5.32 Å². The Morgan fingerprint density at radius 2 is 1.78 bits per heavy atom. The Bertz CT molecular complexity index is 1190. The van der Waals surface area contributed by atoms with E-state index in [1.807, 2.05) is 43.3 Å². The Balaban J connectivity index is 1.77. The summed E-state index contributed by atoms with van der Waals surface area (Å²) in [5, 5.41) is 11.1. The van der Waals surface area contributed by atoms with E-state index in [2.05, 4.69) is 5.32 Å². The highest BCUT2D eigenvalue weighted by Gasteiger charge is 2.20. The number of carbonyl (C=O) groups is 1. The van der Waals surface area contributed by atoms with Gasteiger partial charge in [-0.1, -0.05) is 24.3 Å². The molecule has 0 saturated heterocycles. The summed E-state index contributed by atoms with van der Waals surface area (Å²) in [4.78, 5) is 10.9. The van der Waals surface area contributed by atoms with E-state index in [1.54, 1.807) is 13.0 Å². The van der Waals surface area contributed by atoms with Gasteiger partial charge in [0, 0.05) is 11.1 Å². The van der Waals surface area contributed by atoms with Crippen LogP contribution >= 0.6 is 0 Å². The second kappa shape index (κ2) is 8.78. The van der Waals surface area contributed by atoms with Gasteiger partial charge in [0.05, 0.1) is 13.7 Å². The molecule has 166 valence electrons. The lowest BCUT2D eigenvalue weighted by molar-refractivity contribution is 0.170. The number of hydrogen-bond donors (Lipinski definition) is 2. The van der Waals surface area contributed by atoms with Crippen LogP contribution in [0.5, 0.6) is 17.2 Å². The van der Waals surface area contributed by atoms with Gasteiger partial charge < -0.3 is 24.6 Å². The Morgan fingerprint density at radius 1 is 1.06 bits per heavy atom. The monoisotopic (exact) mass is 437 g/mol. The van der Waals surface area contributed by atoms with Crippen LogP contribution in [0.4, 0.5) is 9.18 Å². The van der Waals surface area contributed by atoms with Crippen molar-refractivity contribution in [3.63, 3.8) is 0 Å². The predicted molar refractivity (Wildman–Crippen MR) is 119 cm³/mol. The number of benzene rings is 3. The SMILES string of the molecule is COc1cc(-c2cccc(-c3ccc4c(c3C)OCCO4)c2)c(C)c(F)c1CNC(=O)O. The zero-order valence-corrected chi connectivity index (χ0v) is 18.1. The van der Waals surface area contributed by atoms with Gasteiger partial charge in [0.15, 0.2) is 11.5 Å². The van der Waals surface area contributed by atoms with E-state index in [-0.39, 0.29) is 17.9 Å². The van der Waals surface area contributed by atoms with Crippen molar-refractivity contribution >= 4 is 6.09 Å². The minimum atomic E-state index is -1.23. The number of halogens is 1. The number of ether oxygens (including phenoxy) is 3. The molecule has 0 atom stereocenters. The maximum absolute atomic E-state index is 15.2. The van der Waals surface area contributed by atoms with E-state index in [0.717, 1.165) is 33.8 Å². The van der Waals surface area contributed by atoms with Crippen molar-refractivity contribution in [1.29, 1.82) is 0 Å². The van der Waals surface area contributed by atoms with Gasteiger partial charge in [-0.05, 0) is 59.9 Å². The van der Waals surface area contributed by atoms with E-state index in [4.69, 9.17) is 19.3 Å². The molecule has 1 aliphatic rings. The fourth-order valence-electron chi connectivity index (χ4n) is 4.01. The minimum Gasteiger partial charge on any atom is -0.496 e. The molecule has 1 heterocycles. The van der Waals surface area contributed by atoms with E-state index in [1.165, 1.54) is 7.11 Å². The molecule has 3 aromatic rings. The number of fused-ring (bicyclic) bond motifs is 1. The smallest absolute Gasteiger partial charge is 0.404 e. The summed E-state index contributed by atoms with van der Waals surface area (Å²) in [5.74, 6) is 1.28. The summed E-state index contributed by atoms with van der Waals surface area (Å²) in [6, 6.07) is 13.5. The Labute approximate surface area is 185 Å². The molecule has 4 rings (SSSR count).